The lowest BCUT2D eigenvalue weighted by Gasteiger charge is -2.45. The molecule has 5 rings (SSSR count). The van der Waals surface area contributed by atoms with Crippen LogP contribution < -0.4 is 5.63 Å². The number of phenols is 1. The Hall–Kier alpha value is -1.60. The van der Waals surface area contributed by atoms with E-state index in [9.17, 15) is 9.90 Å². The highest BCUT2D eigenvalue weighted by molar-refractivity contribution is 6.33. The van der Waals surface area contributed by atoms with E-state index in [1.54, 1.807) is 13.2 Å². The zero-order chi connectivity index (χ0) is 22.9. The summed E-state index contributed by atoms with van der Waals surface area (Å²) in [6.07, 6.45) is 8.92. The first-order chi connectivity index (χ1) is 16.1. The first-order valence-corrected chi connectivity index (χ1v) is 12.9. The molecule has 1 aliphatic carbocycles. The monoisotopic (exact) mass is 474 g/mol. The lowest BCUT2D eigenvalue weighted by atomic mass is 9.83. The van der Waals surface area contributed by atoms with Gasteiger partial charge in [0.1, 0.15) is 11.3 Å². The molecular weight excluding hydrogens is 440 g/mol. The van der Waals surface area contributed by atoms with Crippen LogP contribution in [0.5, 0.6) is 5.75 Å². The van der Waals surface area contributed by atoms with Crippen molar-refractivity contribution in [3.63, 3.8) is 0 Å². The molecule has 180 valence electrons. The molecule has 1 N–H and O–H groups in total. The third kappa shape index (κ3) is 4.55. The zero-order valence-electron chi connectivity index (χ0n) is 19.6. The number of hydrogen-bond acceptors (Lipinski definition) is 6. The lowest BCUT2D eigenvalue weighted by molar-refractivity contribution is 0.0335. The molecule has 2 atom stereocenters. The van der Waals surface area contributed by atoms with E-state index in [0.29, 0.717) is 41.3 Å². The smallest absolute Gasteiger partial charge is 0.339 e. The van der Waals surface area contributed by atoms with Crippen molar-refractivity contribution in [1.29, 1.82) is 0 Å². The molecule has 2 aliphatic heterocycles. The van der Waals surface area contributed by atoms with Gasteiger partial charge in [-0.3, -0.25) is 4.90 Å². The van der Waals surface area contributed by atoms with Crippen molar-refractivity contribution >= 4 is 22.6 Å². The molecule has 6 nitrogen and oxygen atoms in total. The van der Waals surface area contributed by atoms with Crippen LogP contribution in [-0.4, -0.2) is 60.8 Å². The van der Waals surface area contributed by atoms with E-state index in [1.165, 1.54) is 45.2 Å². The fourth-order valence-electron chi connectivity index (χ4n) is 6.38. The molecule has 3 aliphatic rings. The number of methoxy groups -OCH3 is 1. The van der Waals surface area contributed by atoms with Crippen molar-refractivity contribution in [3.8, 4) is 5.75 Å². The van der Waals surface area contributed by atoms with Gasteiger partial charge in [0.05, 0.1) is 17.2 Å². The number of halogens is 1. The largest absolute Gasteiger partial charge is 0.506 e. The molecule has 2 saturated heterocycles. The van der Waals surface area contributed by atoms with Crippen LogP contribution in [0, 0.1) is 5.92 Å². The van der Waals surface area contributed by atoms with Crippen LogP contribution in [0.15, 0.2) is 15.3 Å². The molecule has 2 aromatic rings. The van der Waals surface area contributed by atoms with Gasteiger partial charge in [0.25, 0.3) is 0 Å². The molecule has 0 bridgehead atoms. The molecule has 3 heterocycles. The fourth-order valence-corrected chi connectivity index (χ4v) is 6.61. The maximum absolute atomic E-state index is 12.7. The molecule has 2 fully saturated rings. The number of ether oxygens (including phenoxy) is 1. The summed E-state index contributed by atoms with van der Waals surface area (Å²) in [5.41, 5.74) is 2.65. The van der Waals surface area contributed by atoms with Gasteiger partial charge >= 0.3 is 5.63 Å². The Bertz CT molecular complexity index is 1070. The van der Waals surface area contributed by atoms with Gasteiger partial charge < -0.3 is 19.2 Å². The molecule has 1 aromatic heterocycles. The average molecular weight is 475 g/mol. The van der Waals surface area contributed by atoms with E-state index in [2.05, 4.69) is 9.80 Å². The molecule has 2 unspecified atom stereocenters. The third-order valence-corrected chi connectivity index (χ3v) is 8.29. The van der Waals surface area contributed by atoms with Crippen LogP contribution in [0.4, 0.5) is 0 Å². The van der Waals surface area contributed by atoms with E-state index in [-0.39, 0.29) is 11.4 Å². The summed E-state index contributed by atoms with van der Waals surface area (Å²) in [6, 6.07) is 2.41. The predicted molar refractivity (Wildman–Crippen MR) is 130 cm³/mol. The Morgan fingerprint density at radius 2 is 2.00 bits per heavy atom. The second-order valence-electron chi connectivity index (χ2n) is 9.99. The highest BCUT2D eigenvalue weighted by atomic mass is 35.5. The summed E-state index contributed by atoms with van der Waals surface area (Å²) in [5, 5.41) is 12.1. The Balaban J connectivity index is 1.48. The van der Waals surface area contributed by atoms with E-state index in [0.717, 1.165) is 48.9 Å². The van der Waals surface area contributed by atoms with Gasteiger partial charge in [0.15, 0.2) is 0 Å². The van der Waals surface area contributed by atoms with Gasteiger partial charge in [-0.05, 0) is 75.6 Å². The standard InChI is InChI=1S/C26H35ClN2O4/c1-32-13-12-28(15-17-6-5-11-29-10-3-2-9-23(17)29)16-21-24(30)22(27)14-20-18-7-4-8-19(18)26(31)33-25(20)21/h14,17,23,30H,2-13,15-16H2,1H3. The van der Waals surface area contributed by atoms with Crippen LogP contribution in [-0.2, 0) is 24.1 Å². The Kier molecular flexibility index (Phi) is 6.98. The Morgan fingerprint density at radius 1 is 1.18 bits per heavy atom. The molecular formula is C26H35ClN2O4. The SMILES string of the molecule is COCCN(Cc1c(O)c(Cl)cc2c3c(c(=O)oc12)CCC3)CC1CCCN2CCCCC12. The summed E-state index contributed by atoms with van der Waals surface area (Å²) in [7, 11) is 1.72. The summed E-state index contributed by atoms with van der Waals surface area (Å²) in [4.78, 5) is 17.7. The van der Waals surface area contributed by atoms with Gasteiger partial charge in [-0.2, -0.15) is 0 Å². The molecule has 0 amide bonds. The second kappa shape index (κ2) is 9.95. The maximum Gasteiger partial charge on any atom is 0.339 e. The normalized spacial score (nSPS) is 23.2. The van der Waals surface area contributed by atoms with Crippen LogP contribution in [0.2, 0.25) is 5.02 Å². The number of aromatic hydroxyl groups is 1. The predicted octanol–water partition coefficient (Wildman–Crippen LogP) is 4.35. The maximum atomic E-state index is 12.7. The molecule has 33 heavy (non-hydrogen) atoms. The number of rotatable bonds is 7. The summed E-state index contributed by atoms with van der Waals surface area (Å²) in [5.74, 6) is 0.621. The molecule has 1 aromatic carbocycles. The second-order valence-corrected chi connectivity index (χ2v) is 10.4. The number of aryl methyl sites for hydroxylation is 1. The van der Waals surface area contributed by atoms with Crippen LogP contribution >= 0.6 is 11.6 Å². The van der Waals surface area contributed by atoms with E-state index < -0.39 is 0 Å². The first-order valence-electron chi connectivity index (χ1n) is 12.5. The Labute approximate surface area is 200 Å². The molecule has 7 heteroatoms. The van der Waals surface area contributed by atoms with Crippen molar-refractivity contribution in [3.05, 3.63) is 38.2 Å². The highest BCUT2D eigenvalue weighted by Crippen LogP contribution is 2.39. The van der Waals surface area contributed by atoms with Gasteiger partial charge in [-0.1, -0.05) is 18.0 Å². The third-order valence-electron chi connectivity index (χ3n) is 8.00. The lowest BCUT2D eigenvalue weighted by Crippen LogP contribution is -2.51. The number of benzene rings is 1. The highest BCUT2D eigenvalue weighted by Gasteiger charge is 2.34. The van der Waals surface area contributed by atoms with Gasteiger partial charge in [-0.25, -0.2) is 4.79 Å². The van der Waals surface area contributed by atoms with Crippen LogP contribution in [0.1, 0.15) is 55.2 Å². The van der Waals surface area contributed by atoms with Gasteiger partial charge in [-0.15, -0.1) is 0 Å². The van der Waals surface area contributed by atoms with Crippen molar-refractivity contribution in [2.24, 2.45) is 5.92 Å². The fraction of sp³-hybridized carbons (Fsp3) is 0.654. The van der Waals surface area contributed by atoms with Crippen LogP contribution in [0.25, 0.3) is 11.0 Å². The minimum absolute atomic E-state index is 0.0237. The van der Waals surface area contributed by atoms with E-state index in [4.69, 9.17) is 20.8 Å². The summed E-state index contributed by atoms with van der Waals surface area (Å²) in [6.45, 7) is 5.22. The number of phenolic OH excluding ortho intramolecular Hbond substituents is 1. The van der Waals surface area contributed by atoms with Crippen molar-refractivity contribution in [2.45, 2.75) is 64.0 Å². The number of piperidine rings is 2. The van der Waals surface area contributed by atoms with Crippen molar-refractivity contribution < 1.29 is 14.3 Å². The molecule has 0 saturated carbocycles. The van der Waals surface area contributed by atoms with E-state index >= 15 is 0 Å². The van der Waals surface area contributed by atoms with Gasteiger partial charge in [0, 0.05) is 43.7 Å². The van der Waals surface area contributed by atoms with Gasteiger partial charge in [0.2, 0.25) is 0 Å². The zero-order valence-corrected chi connectivity index (χ0v) is 20.3. The molecule has 0 spiro atoms. The van der Waals surface area contributed by atoms with E-state index in [1.807, 2.05) is 0 Å². The minimum Gasteiger partial charge on any atom is -0.506 e. The molecule has 0 radical (unpaired) electrons. The number of fused-ring (bicyclic) bond motifs is 4. The first kappa shape index (κ1) is 23.2. The summed E-state index contributed by atoms with van der Waals surface area (Å²) < 4.78 is 11.2. The minimum atomic E-state index is -0.272. The summed E-state index contributed by atoms with van der Waals surface area (Å²) >= 11 is 6.49. The number of hydrogen-bond donors (Lipinski definition) is 1. The topological polar surface area (TPSA) is 66.2 Å². The average Bonchev–Trinajstić information content (AvgIpc) is 3.32. The quantitative estimate of drug-likeness (QED) is 0.602. The van der Waals surface area contributed by atoms with Crippen molar-refractivity contribution in [2.75, 3.05) is 39.9 Å². The van der Waals surface area contributed by atoms with Crippen LogP contribution in [0.3, 0.4) is 0 Å². The number of nitrogens with zero attached hydrogens (tertiary/aromatic N) is 2. The van der Waals surface area contributed by atoms with Crippen molar-refractivity contribution in [1.82, 2.24) is 9.80 Å². The Morgan fingerprint density at radius 3 is 2.85 bits per heavy atom.